The van der Waals surface area contributed by atoms with E-state index in [4.69, 9.17) is 9.47 Å². The maximum Gasteiger partial charge on any atom is 0.295 e. The number of ketones is 1. The summed E-state index contributed by atoms with van der Waals surface area (Å²) in [6.45, 7) is 9.08. The van der Waals surface area contributed by atoms with Crippen LogP contribution in [0.15, 0.2) is 48.0 Å². The van der Waals surface area contributed by atoms with Gasteiger partial charge in [-0.25, -0.2) is 0 Å². The van der Waals surface area contributed by atoms with Gasteiger partial charge in [-0.1, -0.05) is 0 Å². The predicted molar refractivity (Wildman–Crippen MR) is 136 cm³/mol. The highest BCUT2D eigenvalue weighted by Gasteiger charge is 2.46. The fourth-order valence-electron chi connectivity index (χ4n) is 4.65. The van der Waals surface area contributed by atoms with Crippen LogP contribution in [0.1, 0.15) is 36.6 Å². The number of amides is 1. The molecule has 4 rings (SSSR count). The van der Waals surface area contributed by atoms with E-state index in [0.717, 1.165) is 18.7 Å². The minimum absolute atomic E-state index is 0.0305. The minimum atomic E-state index is -0.881. The lowest BCUT2D eigenvalue weighted by atomic mass is 9.94. The van der Waals surface area contributed by atoms with E-state index >= 15 is 0 Å². The number of Topliss-reactive ketones (excluding diaryl/α,β-unsaturated/α-hetero) is 1. The van der Waals surface area contributed by atoms with Crippen molar-refractivity contribution in [2.45, 2.75) is 32.9 Å². The molecule has 2 heterocycles. The van der Waals surface area contributed by atoms with Crippen LogP contribution in [0.3, 0.4) is 0 Å². The Labute approximate surface area is 215 Å². The van der Waals surface area contributed by atoms with Gasteiger partial charge in [0, 0.05) is 43.9 Å². The van der Waals surface area contributed by atoms with Crippen molar-refractivity contribution in [1.29, 1.82) is 0 Å². The third kappa shape index (κ3) is 5.65. The highest BCUT2D eigenvalue weighted by atomic mass is 16.6. The van der Waals surface area contributed by atoms with Crippen molar-refractivity contribution in [2.24, 2.45) is 0 Å². The van der Waals surface area contributed by atoms with Crippen molar-refractivity contribution in [3.63, 3.8) is 0 Å². The first-order valence-corrected chi connectivity index (χ1v) is 12.3. The number of hydrogen-bond donors (Lipinski definition) is 1. The quantitative estimate of drug-likeness (QED) is 0.189. The molecule has 1 atom stereocenters. The van der Waals surface area contributed by atoms with Gasteiger partial charge in [-0.15, -0.1) is 0 Å². The fraction of sp³-hybridized carbons (Fsp3) is 0.407. The highest BCUT2D eigenvalue weighted by Crippen LogP contribution is 2.40. The molecule has 2 saturated heterocycles. The van der Waals surface area contributed by atoms with E-state index in [-0.39, 0.29) is 29.7 Å². The van der Waals surface area contributed by atoms with Crippen LogP contribution < -0.4 is 4.74 Å². The second-order valence-electron chi connectivity index (χ2n) is 9.44. The lowest BCUT2D eigenvalue weighted by molar-refractivity contribution is -0.384. The maximum absolute atomic E-state index is 13.3. The summed E-state index contributed by atoms with van der Waals surface area (Å²) in [5, 5.41) is 22.5. The molecule has 10 nitrogen and oxygen atoms in total. The van der Waals surface area contributed by atoms with Gasteiger partial charge in [-0.3, -0.25) is 24.6 Å². The van der Waals surface area contributed by atoms with Crippen LogP contribution in [-0.4, -0.2) is 77.0 Å². The summed E-state index contributed by atoms with van der Waals surface area (Å²) in [6.07, 6.45) is -0.0305. The zero-order valence-corrected chi connectivity index (χ0v) is 21.2. The summed E-state index contributed by atoms with van der Waals surface area (Å²) in [5.41, 5.74) is 1.51. The van der Waals surface area contributed by atoms with Crippen molar-refractivity contribution in [2.75, 3.05) is 39.4 Å². The van der Waals surface area contributed by atoms with Crippen LogP contribution in [0, 0.1) is 17.0 Å². The highest BCUT2D eigenvalue weighted by molar-refractivity contribution is 6.46. The fourth-order valence-corrected chi connectivity index (χ4v) is 4.65. The number of benzene rings is 2. The van der Waals surface area contributed by atoms with E-state index in [2.05, 4.69) is 4.90 Å². The SMILES string of the molecule is Cc1cc(/C(O)=C2/C(=O)C(=O)N(CCN3CCOCC3)C2c2ccc([N+](=O)[O-])cc2)ccc1OC(C)C. The van der Waals surface area contributed by atoms with Crippen molar-refractivity contribution in [3.8, 4) is 5.75 Å². The summed E-state index contributed by atoms with van der Waals surface area (Å²) in [7, 11) is 0. The number of hydrogen-bond acceptors (Lipinski definition) is 8. The molecule has 2 aromatic rings. The Balaban J connectivity index is 1.74. The number of nitro groups is 1. The molecule has 2 aliphatic rings. The number of ether oxygens (including phenoxy) is 2. The van der Waals surface area contributed by atoms with Crippen LogP contribution in [0.25, 0.3) is 5.76 Å². The molecule has 0 saturated carbocycles. The van der Waals surface area contributed by atoms with Gasteiger partial charge in [0.1, 0.15) is 11.5 Å². The molecule has 0 aliphatic carbocycles. The van der Waals surface area contributed by atoms with Crippen LogP contribution in [0.4, 0.5) is 5.69 Å². The normalized spacial score (nSPS) is 20.0. The number of likely N-dealkylation sites (tertiary alicyclic amines) is 1. The Bertz CT molecular complexity index is 1220. The molecule has 1 unspecified atom stereocenters. The number of rotatable bonds is 8. The Hall–Kier alpha value is -3.76. The molecular formula is C27H31N3O7. The van der Waals surface area contributed by atoms with E-state index < -0.39 is 22.7 Å². The number of aliphatic hydroxyl groups is 1. The van der Waals surface area contributed by atoms with Crippen molar-refractivity contribution in [3.05, 3.63) is 74.8 Å². The van der Waals surface area contributed by atoms with Gasteiger partial charge in [-0.05, 0) is 62.2 Å². The monoisotopic (exact) mass is 509 g/mol. The molecule has 2 fully saturated rings. The second-order valence-corrected chi connectivity index (χ2v) is 9.44. The second kappa shape index (κ2) is 11.1. The van der Waals surface area contributed by atoms with E-state index in [9.17, 15) is 24.8 Å². The third-order valence-electron chi connectivity index (χ3n) is 6.53. The van der Waals surface area contributed by atoms with Gasteiger partial charge in [0.2, 0.25) is 0 Å². The van der Waals surface area contributed by atoms with Crippen molar-refractivity contribution < 1.29 is 29.1 Å². The summed E-state index contributed by atoms with van der Waals surface area (Å²) in [5.74, 6) is -1.14. The zero-order chi connectivity index (χ0) is 26.7. The minimum Gasteiger partial charge on any atom is -0.507 e. The molecule has 2 aromatic carbocycles. The standard InChI is InChI=1S/C27H31N3O7/c1-17(2)37-22-9-6-20(16-18(22)3)25(31)23-24(19-4-7-21(8-5-19)30(34)35)29(27(33)26(23)32)11-10-28-12-14-36-15-13-28/h4-9,16-17,24,31H,10-15H2,1-3H3/b25-23-. The molecule has 37 heavy (non-hydrogen) atoms. The zero-order valence-electron chi connectivity index (χ0n) is 21.2. The Kier molecular flexibility index (Phi) is 7.89. The number of morpholine rings is 1. The first-order chi connectivity index (χ1) is 17.7. The molecular weight excluding hydrogens is 478 g/mol. The molecule has 0 aromatic heterocycles. The Morgan fingerprint density at radius 3 is 2.41 bits per heavy atom. The Morgan fingerprint density at radius 1 is 1.14 bits per heavy atom. The summed E-state index contributed by atoms with van der Waals surface area (Å²) < 4.78 is 11.2. The van der Waals surface area contributed by atoms with Gasteiger partial charge in [0.05, 0.1) is 35.9 Å². The molecule has 0 bridgehead atoms. The van der Waals surface area contributed by atoms with Gasteiger partial charge >= 0.3 is 0 Å². The number of nitrogens with zero attached hydrogens (tertiary/aromatic N) is 3. The molecule has 0 spiro atoms. The third-order valence-corrected chi connectivity index (χ3v) is 6.53. The molecule has 1 N–H and O–H groups in total. The molecule has 10 heteroatoms. The summed E-state index contributed by atoms with van der Waals surface area (Å²) >= 11 is 0. The smallest absolute Gasteiger partial charge is 0.295 e. The van der Waals surface area contributed by atoms with Crippen LogP contribution >= 0.6 is 0 Å². The van der Waals surface area contributed by atoms with Crippen molar-refractivity contribution in [1.82, 2.24) is 9.80 Å². The van der Waals surface area contributed by atoms with E-state index in [1.54, 1.807) is 18.2 Å². The average molecular weight is 510 g/mol. The Morgan fingerprint density at radius 2 is 1.81 bits per heavy atom. The van der Waals surface area contributed by atoms with E-state index in [1.807, 2.05) is 20.8 Å². The van der Waals surface area contributed by atoms with Gasteiger partial charge in [0.15, 0.2) is 0 Å². The first-order valence-electron chi connectivity index (χ1n) is 12.3. The summed E-state index contributed by atoms with van der Waals surface area (Å²) in [4.78, 5) is 40.7. The lowest BCUT2D eigenvalue weighted by Gasteiger charge is -2.31. The molecule has 196 valence electrons. The van der Waals surface area contributed by atoms with Gasteiger partial charge in [-0.2, -0.15) is 0 Å². The number of aryl methyl sites for hydroxylation is 1. The topological polar surface area (TPSA) is 122 Å². The van der Waals surface area contributed by atoms with Crippen LogP contribution in [0.2, 0.25) is 0 Å². The van der Waals surface area contributed by atoms with E-state index in [1.165, 1.54) is 29.2 Å². The van der Waals surface area contributed by atoms with Crippen LogP contribution in [-0.2, 0) is 14.3 Å². The number of non-ortho nitro benzene ring substituents is 1. The average Bonchev–Trinajstić information content (AvgIpc) is 3.13. The van der Waals surface area contributed by atoms with Crippen LogP contribution in [0.5, 0.6) is 5.75 Å². The largest absolute Gasteiger partial charge is 0.507 e. The van der Waals surface area contributed by atoms with Gasteiger partial charge in [0.25, 0.3) is 17.4 Å². The van der Waals surface area contributed by atoms with Gasteiger partial charge < -0.3 is 19.5 Å². The molecule has 0 radical (unpaired) electrons. The summed E-state index contributed by atoms with van der Waals surface area (Å²) in [6, 6.07) is 9.91. The van der Waals surface area contributed by atoms with Crippen molar-refractivity contribution >= 4 is 23.1 Å². The maximum atomic E-state index is 13.3. The molecule has 1 amide bonds. The lowest BCUT2D eigenvalue weighted by Crippen LogP contribution is -2.42. The number of carbonyl (C=O) groups is 2. The number of carbonyl (C=O) groups excluding carboxylic acids is 2. The first kappa shape index (κ1) is 26.3. The molecule has 2 aliphatic heterocycles. The number of nitro benzene ring substituents is 1. The van der Waals surface area contributed by atoms with E-state index in [0.29, 0.717) is 36.6 Å². The number of aliphatic hydroxyl groups excluding tert-OH is 1. The predicted octanol–water partition coefficient (Wildman–Crippen LogP) is 3.44.